The third-order valence-electron chi connectivity index (χ3n) is 5.12. The Labute approximate surface area is 207 Å². The predicted molar refractivity (Wildman–Crippen MR) is 128 cm³/mol. The molecule has 0 fully saturated rings. The average Bonchev–Trinajstić information content (AvgIpc) is 2.78. The van der Waals surface area contributed by atoms with Crippen molar-refractivity contribution in [2.75, 3.05) is 23.7 Å². The summed E-state index contributed by atoms with van der Waals surface area (Å²) >= 11 is 5.91. The Kier molecular flexibility index (Phi) is 9.56. The van der Waals surface area contributed by atoms with E-state index in [4.69, 9.17) is 11.6 Å². The number of alkyl halides is 3. The van der Waals surface area contributed by atoms with Crippen molar-refractivity contribution >= 4 is 39.1 Å². The number of nitrogens with one attached hydrogen (secondary N) is 1. The lowest BCUT2D eigenvalue weighted by molar-refractivity contribution is -0.139. The highest BCUT2D eigenvalue weighted by molar-refractivity contribution is 7.92. The molecular formula is C23H27ClF3N3O4S. The normalized spacial score (nSPS) is 12.7. The highest BCUT2D eigenvalue weighted by Gasteiger charge is 2.33. The Morgan fingerprint density at radius 2 is 1.74 bits per heavy atom. The predicted octanol–water partition coefficient (Wildman–Crippen LogP) is 4.07. The molecule has 0 radical (unpaired) electrons. The summed E-state index contributed by atoms with van der Waals surface area (Å²) < 4.78 is 65.1. The van der Waals surface area contributed by atoms with Crippen LogP contribution >= 0.6 is 11.6 Å². The molecule has 2 rings (SSSR count). The molecule has 192 valence electrons. The van der Waals surface area contributed by atoms with Gasteiger partial charge in [0, 0.05) is 18.1 Å². The number of amides is 2. The van der Waals surface area contributed by atoms with Gasteiger partial charge in [-0.1, -0.05) is 36.7 Å². The maximum atomic E-state index is 13.3. The molecular weight excluding hydrogens is 507 g/mol. The zero-order valence-electron chi connectivity index (χ0n) is 19.5. The maximum Gasteiger partial charge on any atom is 0.416 e. The molecule has 1 unspecified atom stereocenters. The molecule has 1 N–H and O–H groups in total. The van der Waals surface area contributed by atoms with Gasteiger partial charge in [0.25, 0.3) is 0 Å². The molecule has 0 aliphatic rings. The molecule has 2 aromatic rings. The minimum atomic E-state index is -4.70. The first kappa shape index (κ1) is 28.4. The molecule has 2 aromatic carbocycles. The Hall–Kier alpha value is -2.79. The smallest absolute Gasteiger partial charge is 0.354 e. The molecule has 0 saturated carbocycles. The average molecular weight is 534 g/mol. The van der Waals surface area contributed by atoms with Crippen LogP contribution in [0, 0.1) is 0 Å². The van der Waals surface area contributed by atoms with Crippen molar-refractivity contribution in [3.8, 4) is 0 Å². The van der Waals surface area contributed by atoms with Crippen LogP contribution in [0.25, 0.3) is 0 Å². The number of sulfonamides is 1. The number of anilines is 1. The first-order chi connectivity index (χ1) is 16.2. The number of halogens is 4. The molecule has 7 nitrogen and oxygen atoms in total. The monoisotopic (exact) mass is 533 g/mol. The van der Waals surface area contributed by atoms with E-state index in [0.29, 0.717) is 33.9 Å². The van der Waals surface area contributed by atoms with Crippen molar-refractivity contribution in [1.82, 2.24) is 10.2 Å². The summed E-state index contributed by atoms with van der Waals surface area (Å²) in [6, 6.07) is 9.24. The molecule has 1 atom stereocenters. The SMILES string of the molecule is CCCNC(=O)C(C)N(Cc1ccc(Cl)cc1)C(=O)CN(c1cccc(C(F)(F)F)c1)S(C)(=O)=O. The lowest BCUT2D eigenvalue weighted by Crippen LogP contribution is -2.51. The Morgan fingerprint density at radius 1 is 1.11 bits per heavy atom. The van der Waals surface area contributed by atoms with Crippen LogP contribution in [-0.2, 0) is 32.3 Å². The van der Waals surface area contributed by atoms with Gasteiger partial charge >= 0.3 is 6.18 Å². The van der Waals surface area contributed by atoms with E-state index in [1.807, 2.05) is 6.92 Å². The molecule has 0 aliphatic heterocycles. The highest BCUT2D eigenvalue weighted by Crippen LogP contribution is 2.32. The van der Waals surface area contributed by atoms with Crippen molar-refractivity contribution < 1.29 is 31.2 Å². The molecule has 0 aliphatic carbocycles. The minimum Gasteiger partial charge on any atom is -0.354 e. The van der Waals surface area contributed by atoms with Crippen LogP contribution in [0.1, 0.15) is 31.4 Å². The zero-order valence-corrected chi connectivity index (χ0v) is 21.0. The topological polar surface area (TPSA) is 86.8 Å². The number of rotatable bonds is 10. The van der Waals surface area contributed by atoms with E-state index < -0.39 is 46.2 Å². The van der Waals surface area contributed by atoms with Gasteiger partial charge in [0.05, 0.1) is 17.5 Å². The second-order valence-corrected chi connectivity index (χ2v) is 10.3. The van der Waals surface area contributed by atoms with Crippen molar-refractivity contribution in [3.05, 3.63) is 64.7 Å². The summed E-state index contributed by atoms with van der Waals surface area (Å²) in [7, 11) is -4.15. The molecule has 35 heavy (non-hydrogen) atoms. The lowest BCUT2D eigenvalue weighted by Gasteiger charge is -2.31. The summed E-state index contributed by atoms with van der Waals surface area (Å²) in [6.07, 6.45) is -3.24. The third kappa shape index (κ3) is 8.14. The first-order valence-corrected chi connectivity index (χ1v) is 12.9. The van der Waals surface area contributed by atoms with Crippen LogP contribution in [0.2, 0.25) is 5.02 Å². The van der Waals surface area contributed by atoms with Gasteiger partial charge in [-0.05, 0) is 49.2 Å². The number of hydrogen-bond donors (Lipinski definition) is 1. The fraction of sp³-hybridized carbons (Fsp3) is 0.391. The fourth-order valence-corrected chi connectivity index (χ4v) is 4.18. The third-order valence-corrected chi connectivity index (χ3v) is 6.52. The van der Waals surface area contributed by atoms with E-state index in [0.717, 1.165) is 18.4 Å². The quantitative estimate of drug-likeness (QED) is 0.499. The van der Waals surface area contributed by atoms with Gasteiger partial charge in [0.1, 0.15) is 12.6 Å². The van der Waals surface area contributed by atoms with E-state index in [9.17, 15) is 31.2 Å². The van der Waals surface area contributed by atoms with Gasteiger partial charge in [-0.3, -0.25) is 13.9 Å². The lowest BCUT2D eigenvalue weighted by atomic mass is 10.1. The van der Waals surface area contributed by atoms with Crippen LogP contribution in [0.5, 0.6) is 0 Å². The Balaban J connectivity index is 2.41. The summed E-state index contributed by atoms with van der Waals surface area (Å²) in [5.41, 5.74) is -0.741. The number of hydrogen-bond acceptors (Lipinski definition) is 4. The van der Waals surface area contributed by atoms with Crippen LogP contribution in [0.4, 0.5) is 18.9 Å². The molecule has 12 heteroatoms. The number of carbonyl (C=O) groups is 2. The van der Waals surface area contributed by atoms with E-state index in [1.54, 1.807) is 24.3 Å². The Bertz CT molecular complexity index is 1140. The number of benzene rings is 2. The molecule has 0 saturated heterocycles. The maximum absolute atomic E-state index is 13.3. The minimum absolute atomic E-state index is 0.0447. The van der Waals surface area contributed by atoms with Crippen molar-refractivity contribution in [3.63, 3.8) is 0 Å². The largest absolute Gasteiger partial charge is 0.416 e. The van der Waals surface area contributed by atoms with Crippen LogP contribution in [0.3, 0.4) is 0 Å². The van der Waals surface area contributed by atoms with Crippen LogP contribution in [-0.4, -0.2) is 50.5 Å². The van der Waals surface area contributed by atoms with Crippen molar-refractivity contribution in [1.29, 1.82) is 0 Å². The Morgan fingerprint density at radius 3 is 2.29 bits per heavy atom. The molecule has 2 amide bonds. The van der Waals surface area contributed by atoms with E-state index in [-0.39, 0.29) is 12.2 Å². The van der Waals surface area contributed by atoms with Gasteiger partial charge in [-0.25, -0.2) is 8.42 Å². The number of nitrogens with zero attached hydrogens (tertiary/aromatic N) is 2. The fourth-order valence-electron chi connectivity index (χ4n) is 3.22. The molecule has 0 heterocycles. The number of carbonyl (C=O) groups excluding carboxylic acids is 2. The summed E-state index contributed by atoms with van der Waals surface area (Å²) in [6.45, 7) is 2.90. The van der Waals surface area contributed by atoms with Crippen molar-refractivity contribution in [2.45, 2.75) is 39.0 Å². The van der Waals surface area contributed by atoms with Crippen molar-refractivity contribution in [2.24, 2.45) is 0 Å². The van der Waals surface area contributed by atoms with Crippen LogP contribution < -0.4 is 9.62 Å². The molecule has 0 bridgehead atoms. The van der Waals surface area contributed by atoms with Gasteiger partial charge in [-0.2, -0.15) is 13.2 Å². The summed E-state index contributed by atoms with van der Waals surface area (Å²) in [5, 5.41) is 3.16. The van der Waals surface area contributed by atoms with Gasteiger partial charge in [-0.15, -0.1) is 0 Å². The van der Waals surface area contributed by atoms with E-state index in [1.165, 1.54) is 17.9 Å². The van der Waals surface area contributed by atoms with E-state index in [2.05, 4.69) is 5.32 Å². The summed E-state index contributed by atoms with van der Waals surface area (Å²) in [4.78, 5) is 27.1. The van der Waals surface area contributed by atoms with Gasteiger partial charge < -0.3 is 10.2 Å². The first-order valence-electron chi connectivity index (χ1n) is 10.7. The van der Waals surface area contributed by atoms with Crippen LogP contribution in [0.15, 0.2) is 48.5 Å². The second kappa shape index (κ2) is 11.8. The molecule has 0 spiro atoms. The summed E-state index contributed by atoms with van der Waals surface area (Å²) in [5.74, 6) is -1.21. The highest BCUT2D eigenvalue weighted by atomic mass is 35.5. The zero-order chi connectivity index (χ0) is 26.4. The van der Waals surface area contributed by atoms with E-state index >= 15 is 0 Å². The second-order valence-electron chi connectivity index (χ2n) is 7.93. The van der Waals surface area contributed by atoms with Gasteiger partial charge in [0.2, 0.25) is 21.8 Å². The molecule has 0 aromatic heterocycles. The van der Waals surface area contributed by atoms with Gasteiger partial charge in [0.15, 0.2) is 0 Å². The standard InChI is InChI=1S/C23H27ClF3N3O4S/c1-4-12-28-22(32)16(2)29(14-17-8-10-19(24)11-9-17)21(31)15-30(35(3,33)34)20-7-5-6-18(13-20)23(25,26)27/h5-11,13,16H,4,12,14-15H2,1-3H3,(H,28,32).